The number of rotatable bonds is 9. The van der Waals surface area contributed by atoms with Crippen molar-refractivity contribution in [2.24, 2.45) is 11.8 Å². The smallest absolute Gasteiger partial charge is 0.223 e. The number of amides is 1. The minimum Gasteiger partial charge on any atom is -0.507 e. The number of hydrogen-bond donors (Lipinski definition) is 3. The standard InChI is InChI=1S/C29H43NO3/c1-5-6-8-13-22-17-26(31)27(24-16-20(4)14-15-23(24)19(2)3)28(32)25(22)18-30-29(33)21-11-9-7-10-12-21/h16-17,21,23-24,31-32H,2,5-15,18H2,1,3-4H3,(H,30,33). The summed E-state index contributed by atoms with van der Waals surface area (Å²) in [6, 6.07) is 1.83. The molecule has 3 N–H and O–H groups in total. The summed E-state index contributed by atoms with van der Waals surface area (Å²) in [7, 11) is 0. The van der Waals surface area contributed by atoms with Crippen LogP contribution in [0.5, 0.6) is 11.5 Å². The lowest BCUT2D eigenvalue weighted by Gasteiger charge is -2.32. The van der Waals surface area contributed by atoms with E-state index in [9.17, 15) is 15.0 Å². The van der Waals surface area contributed by atoms with Crippen LogP contribution in [-0.4, -0.2) is 16.1 Å². The summed E-state index contributed by atoms with van der Waals surface area (Å²) in [5, 5.41) is 25.7. The molecule has 0 radical (unpaired) electrons. The quantitative estimate of drug-likeness (QED) is 0.277. The highest BCUT2D eigenvalue weighted by molar-refractivity contribution is 5.78. The topological polar surface area (TPSA) is 69.6 Å². The zero-order valence-electron chi connectivity index (χ0n) is 20.9. The number of benzene rings is 1. The van der Waals surface area contributed by atoms with E-state index in [0.29, 0.717) is 12.1 Å². The van der Waals surface area contributed by atoms with Crippen molar-refractivity contribution in [1.29, 1.82) is 0 Å². The van der Waals surface area contributed by atoms with Crippen molar-refractivity contribution in [3.63, 3.8) is 0 Å². The first-order valence-electron chi connectivity index (χ1n) is 13.0. The maximum absolute atomic E-state index is 12.8. The van der Waals surface area contributed by atoms with Crippen molar-refractivity contribution in [3.05, 3.63) is 46.6 Å². The highest BCUT2D eigenvalue weighted by atomic mass is 16.3. The monoisotopic (exact) mass is 453 g/mol. The number of nitrogens with one attached hydrogen (secondary N) is 1. The molecule has 4 heteroatoms. The van der Waals surface area contributed by atoms with Crippen molar-refractivity contribution in [1.82, 2.24) is 5.32 Å². The second-order valence-electron chi connectivity index (χ2n) is 10.3. The third-order valence-corrected chi connectivity index (χ3v) is 7.69. The first-order chi connectivity index (χ1) is 15.8. The molecule has 2 aliphatic carbocycles. The number of unbranched alkanes of at least 4 members (excludes halogenated alkanes) is 2. The second kappa shape index (κ2) is 11.8. The Bertz CT molecular complexity index is 879. The van der Waals surface area contributed by atoms with Crippen molar-refractivity contribution < 1.29 is 15.0 Å². The maximum atomic E-state index is 12.8. The van der Waals surface area contributed by atoms with Gasteiger partial charge in [0.25, 0.3) is 0 Å². The summed E-state index contributed by atoms with van der Waals surface area (Å²) in [6.45, 7) is 10.8. The minimum atomic E-state index is -0.103. The summed E-state index contributed by atoms with van der Waals surface area (Å²) >= 11 is 0. The van der Waals surface area contributed by atoms with E-state index in [1.165, 1.54) is 12.0 Å². The van der Waals surface area contributed by atoms with Crippen LogP contribution < -0.4 is 5.32 Å². The number of hydrogen-bond acceptors (Lipinski definition) is 3. The van der Waals surface area contributed by atoms with Gasteiger partial charge < -0.3 is 15.5 Å². The molecule has 3 rings (SSSR count). The lowest BCUT2D eigenvalue weighted by molar-refractivity contribution is -0.126. The van der Waals surface area contributed by atoms with Crippen molar-refractivity contribution in [2.75, 3.05) is 0 Å². The highest BCUT2D eigenvalue weighted by Crippen LogP contribution is 2.48. The SMILES string of the molecule is C=C(C)C1CCC(C)=CC1c1c(O)cc(CCCCC)c(CNC(=O)C2CCCCC2)c1O. The molecule has 1 aromatic rings. The van der Waals surface area contributed by atoms with Crippen LogP contribution in [-0.2, 0) is 17.8 Å². The molecule has 4 nitrogen and oxygen atoms in total. The van der Waals surface area contributed by atoms with Crippen LogP contribution in [0.1, 0.15) is 108 Å². The van der Waals surface area contributed by atoms with Crippen molar-refractivity contribution >= 4 is 5.91 Å². The fourth-order valence-electron chi connectivity index (χ4n) is 5.67. The van der Waals surface area contributed by atoms with Gasteiger partial charge in [-0.1, -0.05) is 62.8 Å². The molecule has 0 aromatic heterocycles. The van der Waals surface area contributed by atoms with E-state index in [1.807, 2.05) is 13.0 Å². The number of allylic oxidation sites excluding steroid dienone is 3. The zero-order valence-corrected chi connectivity index (χ0v) is 20.9. The van der Waals surface area contributed by atoms with Crippen LogP contribution in [0, 0.1) is 11.8 Å². The molecule has 2 aliphatic rings. The molecule has 182 valence electrons. The van der Waals surface area contributed by atoms with Crippen LogP contribution >= 0.6 is 0 Å². The Kier molecular flexibility index (Phi) is 9.05. The predicted octanol–water partition coefficient (Wildman–Crippen LogP) is 7.04. The van der Waals surface area contributed by atoms with Gasteiger partial charge in [0.05, 0.1) is 0 Å². The highest BCUT2D eigenvalue weighted by Gasteiger charge is 2.32. The summed E-state index contributed by atoms with van der Waals surface area (Å²) in [5.74, 6) is 0.556. The number of aryl methyl sites for hydroxylation is 1. The lowest BCUT2D eigenvalue weighted by Crippen LogP contribution is -2.32. The summed E-state index contributed by atoms with van der Waals surface area (Å²) in [4.78, 5) is 12.8. The Morgan fingerprint density at radius 3 is 2.55 bits per heavy atom. The van der Waals surface area contributed by atoms with Crippen LogP contribution in [0.25, 0.3) is 0 Å². The van der Waals surface area contributed by atoms with Gasteiger partial charge in [-0.2, -0.15) is 0 Å². The Hall–Kier alpha value is -2.23. The number of phenols is 2. The molecular weight excluding hydrogens is 410 g/mol. The predicted molar refractivity (Wildman–Crippen MR) is 135 cm³/mol. The van der Waals surface area contributed by atoms with Gasteiger partial charge in [0.15, 0.2) is 0 Å². The third-order valence-electron chi connectivity index (χ3n) is 7.69. The van der Waals surface area contributed by atoms with E-state index < -0.39 is 0 Å². The van der Waals surface area contributed by atoms with Gasteiger partial charge in [-0.05, 0) is 69.9 Å². The molecule has 1 amide bonds. The first-order valence-corrected chi connectivity index (χ1v) is 13.0. The number of aromatic hydroxyl groups is 2. The molecule has 0 saturated heterocycles. The Labute approximate surface area is 200 Å². The van der Waals surface area contributed by atoms with Crippen LogP contribution in [0.2, 0.25) is 0 Å². The summed E-state index contributed by atoms with van der Waals surface area (Å²) in [6.07, 6.45) is 13.5. The van der Waals surface area contributed by atoms with Crippen molar-refractivity contribution in [3.8, 4) is 11.5 Å². The molecule has 2 unspecified atom stereocenters. The van der Waals surface area contributed by atoms with Crippen molar-refractivity contribution in [2.45, 2.75) is 104 Å². The molecule has 0 spiro atoms. The Morgan fingerprint density at radius 2 is 1.88 bits per heavy atom. The average molecular weight is 454 g/mol. The van der Waals surface area contributed by atoms with Gasteiger partial charge in [0, 0.05) is 29.5 Å². The Balaban J connectivity index is 1.95. The van der Waals surface area contributed by atoms with Gasteiger partial charge in [-0.25, -0.2) is 0 Å². The fraction of sp³-hybridized carbons (Fsp3) is 0.621. The van der Waals surface area contributed by atoms with E-state index in [-0.39, 0.29) is 35.2 Å². The molecular formula is C29H43NO3. The molecule has 0 heterocycles. The number of carbonyl (C=O) groups excluding carboxylic acids is 1. The van der Waals surface area contributed by atoms with Gasteiger partial charge >= 0.3 is 0 Å². The van der Waals surface area contributed by atoms with Crippen LogP contribution in [0.3, 0.4) is 0 Å². The maximum Gasteiger partial charge on any atom is 0.223 e. The third kappa shape index (κ3) is 6.22. The average Bonchev–Trinajstić information content (AvgIpc) is 2.79. The molecule has 2 atom stereocenters. The lowest BCUT2D eigenvalue weighted by atomic mass is 9.73. The number of phenolic OH excluding ortho intramolecular Hbond substituents is 2. The molecule has 0 aliphatic heterocycles. The summed E-state index contributed by atoms with van der Waals surface area (Å²) in [5.41, 5.74) is 4.63. The van der Waals surface area contributed by atoms with E-state index in [2.05, 4.69) is 31.8 Å². The largest absolute Gasteiger partial charge is 0.507 e. The van der Waals surface area contributed by atoms with Crippen LogP contribution in [0.15, 0.2) is 29.9 Å². The normalized spacial score (nSPS) is 21.5. The molecule has 1 fully saturated rings. The van der Waals surface area contributed by atoms with Gasteiger partial charge in [-0.3, -0.25) is 4.79 Å². The molecule has 33 heavy (non-hydrogen) atoms. The van der Waals surface area contributed by atoms with Gasteiger partial charge in [-0.15, -0.1) is 0 Å². The first kappa shape index (κ1) is 25.4. The van der Waals surface area contributed by atoms with E-state index in [1.54, 1.807) is 0 Å². The minimum absolute atomic E-state index is 0.0812. The van der Waals surface area contributed by atoms with E-state index in [4.69, 9.17) is 0 Å². The van der Waals surface area contributed by atoms with Gasteiger partial charge in [0.1, 0.15) is 11.5 Å². The fourth-order valence-corrected chi connectivity index (χ4v) is 5.67. The second-order valence-corrected chi connectivity index (χ2v) is 10.3. The molecule has 1 saturated carbocycles. The Morgan fingerprint density at radius 1 is 1.15 bits per heavy atom. The van der Waals surface area contributed by atoms with Crippen LogP contribution in [0.4, 0.5) is 0 Å². The molecule has 0 bridgehead atoms. The zero-order chi connectivity index (χ0) is 24.0. The van der Waals surface area contributed by atoms with E-state index >= 15 is 0 Å². The molecule has 1 aromatic carbocycles. The van der Waals surface area contributed by atoms with E-state index in [0.717, 1.165) is 80.9 Å². The number of carbonyl (C=O) groups is 1. The summed E-state index contributed by atoms with van der Waals surface area (Å²) < 4.78 is 0. The van der Waals surface area contributed by atoms with Gasteiger partial charge in [0.2, 0.25) is 5.91 Å².